The Hall–Kier alpha value is -0.680. The molecule has 5 heteroatoms. The van der Waals surface area contributed by atoms with E-state index in [0.717, 1.165) is 48.2 Å². The summed E-state index contributed by atoms with van der Waals surface area (Å²) in [5.74, 6) is 1.51. The summed E-state index contributed by atoms with van der Waals surface area (Å²) in [4.78, 5) is 2.52. The summed E-state index contributed by atoms with van der Waals surface area (Å²) >= 11 is 1.68. The van der Waals surface area contributed by atoms with E-state index < -0.39 is 0 Å². The van der Waals surface area contributed by atoms with E-state index >= 15 is 0 Å². The summed E-state index contributed by atoms with van der Waals surface area (Å²) < 4.78 is 0. The zero-order valence-electron chi connectivity index (χ0n) is 13.6. The Morgan fingerprint density at radius 3 is 2.15 bits per heavy atom. The van der Waals surface area contributed by atoms with Gasteiger partial charge in [0.05, 0.1) is 6.54 Å². The van der Waals surface area contributed by atoms with Crippen LogP contribution in [-0.4, -0.2) is 34.7 Å². The third-order valence-corrected chi connectivity index (χ3v) is 4.06. The molecule has 0 aromatic carbocycles. The number of aromatic nitrogens is 2. The largest absolute Gasteiger partial charge is 0.360 e. The Bertz CT molecular complexity index is 351. The molecule has 0 radical (unpaired) electrons. The molecule has 20 heavy (non-hydrogen) atoms. The maximum atomic E-state index is 4.29. The first kappa shape index (κ1) is 17.4. The zero-order valence-corrected chi connectivity index (χ0v) is 14.5. The quantitative estimate of drug-likeness (QED) is 0.712. The topological polar surface area (TPSA) is 41.1 Å². The Balaban J connectivity index is 2.52. The first-order valence-electron chi connectivity index (χ1n) is 7.79. The van der Waals surface area contributed by atoms with Crippen molar-refractivity contribution in [2.75, 3.05) is 25.0 Å². The van der Waals surface area contributed by atoms with Crippen LogP contribution in [0.5, 0.6) is 0 Å². The smallest absolute Gasteiger partial charge is 0.205 e. The van der Waals surface area contributed by atoms with Gasteiger partial charge < -0.3 is 5.32 Å². The van der Waals surface area contributed by atoms with Crippen molar-refractivity contribution in [3.8, 4) is 0 Å². The predicted molar refractivity (Wildman–Crippen MR) is 88.3 cm³/mol. The maximum Gasteiger partial charge on any atom is 0.205 e. The number of hydrogen-bond donors (Lipinski definition) is 1. The molecule has 0 fully saturated rings. The molecule has 0 aliphatic carbocycles. The highest BCUT2D eigenvalue weighted by Gasteiger charge is 2.11. The number of hydrogen-bond acceptors (Lipinski definition) is 5. The monoisotopic (exact) mass is 298 g/mol. The molecule has 116 valence electrons. The second-order valence-corrected chi connectivity index (χ2v) is 7.23. The van der Waals surface area contributed by atoms with Gasteiger partial charge in [0, 0.05) is 6.54 Å². The van der Waals surface area contributed by atoms with Gasteiger partial charge in [-0.3, -0.25) is 4.90 Å². The highest BCUT2D eigenvalue weighted by molar-refractivity contribution is 7.15. The van der Waals surface area contributed by atoms with E-state index in [2.05, 4.69) is 55.0 Å². The molecule has 4 nitrogen and oxygen atoms in total. The van der Waals surface area contributed by atoms with Gasteiger partial charge in [0.15, 0.2) is 0 Å². The molecule has 1 aromatic rings. The average molecular weight is 298 g/mol. The molecule has 1 heterocycles. The van der Waals surface area contributed by atoms with Crippen molar-refractivity contribution < 1.29 is 0 Å². The van der Waals surface area contributed by atoms with E-state index in [4.69, 9.17) is 0 Å². The average Bonchev–Trinajstić information content (AvgIpc) is 2.80. The molecule has 0 saturated carbocycles. The molecule has 0 aliphatic heterocycles. The minimum absolute atomic E-state index is 0.753. The van der Waals surface area contributed by atoms with Crippen LogP contribution in [0.4, 0.5) is 5.13 Å². The fourth-order valence-electron chi connectivity index (χ4n) is 1.88. The van der Waals surface area contributed by atoms with Crippen LogP contribution in [0.25, 0.3) is 0 Å². The fraction of sp³-hybridized carbons (Fsp3) is 0.867. The van der Waals surface area contributed by atoms with Gasteiger partial charge in [0.2, 0.25) is 5.13 Å². The van der Waals surface area contributed by atoms with Crippen molar-refractivity contribution in [2.45, 2.75) is 54.0 Å². The molecular formula is C15H30N4S. The lowest BCUT2D eigenvalue weighted by Gasteiger charge is -2.22. The summed E-state index contributed by atoms with van der Waals surface area (Å²) in [7, 11) is 0. The Morgan fingerprint density at radius 2 is 1.65 bits per heavy atom. The molecule has 0 saturated heterocycles. The standard InChI is InChI=1S/C15H30N4S/c1-6-16-15-18-17-14(20-15)11-19(9-7-12(2)3)10-8-13(4)5/h12-13H,6-11H2,1-5H3,(H,16,18). The first-order valence-corrected chi connectivity index (χ1v) is 8.61. The second-order valence-electron chi connectivity index (χ2n) is 6.17. The van der Waals surface area contributed by atoms with E-state index in [1.54, 1.807) is 11.3 Å². The fourth-order valence-corrected chi connectivity index (χ4v) is 2.73. The molecule has 1 rings (SSSR count). The Labute approximate surface area is 128 Å². The zero-order chi connectivity index (χ0) is 15.0. The highest BCUT2D eigenvalue weighted by atomic mass is 32.1. The van der Waals surface area contributed by atoms with E-state index in [1.165, 1.54) is 12.8 Å². The molecule has 0 unspecified atom stereocenters. The van der Waals surface area contributed by atoms with E-state index in [9.17, 15) is 0 Å². The van der Waals surface area contributed by atoms with Gasteiger partial charge in [-0.25, -0.2) is 0 Å². The van der Waals surface area contributed by atoms with Crippen molar-refractivity contribution in [3.63, 3.8) is 0 Å². The van der Waals surface area contributed by atoms with Crippen molar-refractivity contribution in [2.24, 2.45) is 11.8 Å². The lowest BCUT2D eigenvalue weighted by atomic mass is 10.1. The number of anilines is 1. The molecule has 1 N–H and O–H groups in total. The van der Waals surface area contributed by atoms with Crippen LogP contribution in [0.1, 0.15) is 52.5 Å². The van der Waals surface area contributed by atoms with Crippen molar-refractivity contribution in [1.82, 2.24) is 15.1 Å². The van der Waals surface area contributed by atoms with Crippen LogP contribution < -0.4 is 5.32 Å². The van der Waals surface area contributed by atoms with E-state index in [-0.39, 0.29) is 0 Å². The lowest BCUT2D eigenvalue weighted by molar-refractivity contribution is 0.235. The van der Waals surface area contributed by atoms with Gasteiger partial charge in [-0.2, -0.15) is 0 Å². The van der Waals surface area contributed by atoms with Gasteiger partial charge in [-0.1, -0.05) is 39.0 Å². The van der Waals surface area contributed by atoms with E-state index in [0.29, 0.717) is 0 Å². The van der Waals surface area contributed by atoms with Gasteiger partial charge in [0.25, 0.3) is 0 Å². The van der Waals surface area contributed by atoms with Crippen LogP contribution in [0.2, 0.25) is 0 Å². The predicted octanol–water partition coefficient (Wildman–Crippen LogP) is 3.86. The summed E-state index contributed by atoms with van der Waals surface area (Å²) in [5, 5.41) is 13.8. The maximum absolute atomic E-state index is 4.29. The number of nitrogens with zero attached hydrogens (tertiary/aromatic N) is 3. The third kappa shape index (κ3) is 7.20. The molecule has 1 aromatic heterocycles. The minimum Gasteiger partial charge on any atom is -0.360 e. The van der Waals surface area contributed by atoms with Crippen molar-refractivity contribution in [3.05, 3.63) is 5.01 Å². The summed E-state index contributed by atoms with van der Waals surface area (Å²) in [5.41, 5.74) is 0. The molecule has 0 aliphatic rings. The van der Waals surface area contributed by atoms with Gasteiger partial charge in [0.1, 0.15) is 5.01 Å². The molecule has 0 amide bonds. The van der Waals surface area contributed by atoms with E-state index in [1.807, 2.05) is 0 Å². The van der Waals surface area contributed by atoms with Gasteiger partial charge in [-0.05, 0) is 44.7 Å². The van der Waals surface area contributed by atoms with Crippen LogP contribution >= 0.6 is 11.3 Å². The van der Waals surface area contributed by atoms with Crippen LogP contribution in [0, 0.1) is 11.8 Å². The second kappa shape index (κ2) is 9.29. The van der Waals surface area contributed by atoms with Crippen molar-refractivity contribution >= 4 is 16.5 Å². The summed E-state index contributed by atoms with van der Waals surface area (Å²) in [6.07, 6.45) is 2.49. The van der Waals surface area contributed by atoms with Crippen LogP contribution in [-0.2, 0) is 6.54 Å². The van der Waals surface area contributed by atoms with Crippen molar-refractivity contribution in [1.29, 1.82) is 0 Å². The third-order valence-electron chi connectivity index (χ3n) is 3.20. The van der Waals surface area contributed by atoms with Gasteiger partial charge in [-0.15, -0.1) is 10.2 Å². The molecule has 0 bridgehead atoms. The normalized spacial score (nSPS) is 11.8. The molecule has 0 spiro atoms. The lowest BCUT2D eigenvalue weighted by Crippen LogP contribution is -2.27. The van der Waals surface area contributed by atoms with Gasteiger partial charge >= 0.3 is 0 Å². The SMILES string of the molecule is CCNc1nnc(CN(CCC(C)C)CCC(C)C)s1. The highest BCUT2D eigenvalue weighted by Crippen LogP contribution is 2.18. The summed E-state index contributed by atoms with van der Waals surface area (Å²) in [6, 6.07) is 0. The summed E-state index contributed by atoms with van der Waals surface area (Å²) in [6.45, 7) is 15.4. The van der Waals surface area contributed by atoms with Crippen LogP contribution in [0.3, 0.4) is 0 Å². The minimum atomic E-state index is 0.753. The Morgan fingerprint density at radius 1 is 1.05 bits per heavy atom. The number of nitrogens with one attached hydrogen (secondary N) is 1. The number of rotatable bonds is 10. The molecule has 0 atom stereocenters. The Kier molecular flexibility index (Phi) is 8.07. The van der Waals surface area contributed by atoms with Crippen LogP contribution in [0.15, 0.2) is 0 Å². The molecular weight excluding hydrogens is 268 g/mol. The first-order chi connectivity index (χ1) is 9.51.